The Balaban J connectivity index is 2.03. The van der Waals surface area contributed by atoms with E-state index in [0.717, 1.165) is 39.2 Å². The first kappa shape index (κ1) is 19.6. The molecule has 4 aromatic rings. The van der Waals surface area contributed by atoms with Gasteiger partial charge in [0.05, 0.1) is 12.8 Å². The molecule has 0 spiro atoms. The number of hydrogen-bond donors (Lipinski definition) is 0. The summed E-state index contributed by atoms with van der Waals surface area (Å²) < 4.78 is 5.66. The average molecular weight is 391 g/mol. The van der Waals surface area contributed by atoms with E-state index in [1.807, 2.05) is 91.4 Å². The Hall–Kier alpha value is -3.73. The minimum atomic E-state index is -0.174. The van der Waals surface area contributed by atoms with Crippen molar-refractivity contribution in [3.05, 3.63) is 109 Å². The van der Waals surface area contributed by atoms with E-state index < -0.39 is 0 Å². The molecule has 1 aromatic carbocycles. The van der Waals surface area contributed by atoms with Crippen molar-refractivity contribution in [1.82, 2.24) is 15.0 Å². The third-order valence-corrected chi connectivity index (χ3v) is 5.11. The number of benzene rings is 1. The SMILES string of the molecule is COc1ccccc1/C(C)=C(\B(c1ccccn1)c1ccccn1)c1ccccn1. The molecule has 0 saturated heterocycles. The molecule has 5 heteroatoms. The maximum atomic E-state index is 5.66. The Morgan fingerprint density at radius 2 is 1.27 bits per heavy atom. The van der Waals surface area contributed by atoms with E-state index in [-0.39, 0.29) is 6.71 Å². The topological polar surface area (TPSA) is 47.9 Å². The van der Waals surface area contributed by atoms with Crippen LogP contribution in [0.15, 0.2) is 97.5 Å². The van der Waals surface area contributed by atoms with Crippen LogP contribution in [-0.4, -0.2) is 28.8 Å². The van der Waals surface area contributed by atoms with Crippen LogP contribution in [0, 0.1) is 0 Å². The minimum Gasteiger partial charge on any atom is -0.496 e. The minimum absolute atomic E-state index is 0.174. The standard InChI is InChI=1S/C25H22BN3O/c1-19(20-11-3-4-13-22(20)30-2)25(21-12-5-8-16-27-21)26(23-14-6-9-17-28-23)24-15-7-10-18-29-24/h3-18H,1-2H3/b25-19-. The van der Waals surface area contributed by atoms with Crippen molar-refractivity contribution >= 4 is 28.9 Å². The number of hydrogen-bond acceptors (Lipinski definition) is 4. The summed E-state index contributed by atoms with van der Waals surface area (Å²) in [6.07, 6.45) is 5.46. The second-order valence-electron chi connectivity index (χ2n) is 6.90. The van der Waals surface area contributed by atoms with Crippen LogP contribution in [0.3, 0.4) is 0 Å². The van der Waals surface area contributed by atoms with Gasteiger partial charge >= 0.3 is 0 Å². The van der Waals surface area contributed by atoms with E-state index >= 15 is 0 Å². The van der Waals surface area contributed by atoms with Gasteiger partial charge in [0.1, 0.15) is 5.75 Å². The van der Waals surface area contributed by atoms with Crippen molar-refractivity contribution in [1.29, 1.82) is 0 Å². The van der Waals surface area contributed by atoms with E-state index in [1.165, 1.54) is 0 Å². The molecule has 30 heavy (non-hydrogen) atoms. The number of para-hydroxylation sites is 1. The highest BCUT2D eigenvalue weighted by atomic mass is 16.5. The molecule has 0 radical (unpaired) electrons. The number of nitrogens with zero attached hydrogens (tertiary/aromatic N) is 3. The molecule has 0 fully saturated rings. The monoisotopic (exact) mass is 391 g/mol. The van der Waals surface area contributed by atoms with Crippen LogP contribution < -0.4 is 15.9 Å². The molecule has 146 valence electrons. The van der Waals surface area contributed by atoms with Gasteiger partial charge in [0.2, 0.25) is 0 Å². The Labute approximate surface area is 177 Å². The lowest BCUT2D eigenvalue weighted by Gasteiger charge is -2.21. The van der Waals surface area contributed by atoms with Gasteiger partial charge in [-0.2, -0.15) is 0 Å². The summed E-state index contributed by atoms with van der Waals surface area (Å²) in [5.41, 5.74) is 5.89. The van der Waals surface area contributed by atoms with Crippen molar-refractivity contribution in [2.45, 2.75) is 6.92 Å². The first-order valence-electron chi connectivity index (χ1n) is 9.87. The Morgan fingerprint density at radius 1 is 0.700 bits per heavy atom. The zero-order valence-corrected chi connectivity index (χ0v) is 17.1. The van der Waals surface area contributed by atoms with Crippen molar-refractivity contribution < 1.29 is 4.74 Å². The van der Waals surface area contributed by atoms with Gasteiger partial charge in [0, 0.05) is 35.3 Å². The molecule has 0 amide bonds. The summed E-state index contributed by atoms with van der Waals surface area (Å²) in [4.78, 5) is 14.1. The van der Waals surface area contributed by atoms with Crippen LogP contribution in [-0.2, 0) is 0 Å². The highest BCUT2D eigenvalue weighted by Gasteiger charge is 2.31. The molecule has 3 heterocycles. The molecular formula is C25H22BN3O. The summed E-state index contributed by atoms with van der Waals surface area (Å²) in [5, 5.41) is 0. The third kappa shape index (κ3) is 4.01. The Bertz CT molecular complexity index is 1090. The number of aromatic nitrogens is 3. The number of ether oxygens (including phenoxy) is 1. The molecular weight excluding hydrogens is 369 g/mol. The Kier molecular flexibility index (Phi) is 5.99. The summed E-state index contributed by atoms with van der Waals surface area (Å²) in [7, 11) is 1.70. The van der Waals surface area contributed by atoms with Crippen molar-refractivity contribution in [2.75, 3.05) is 7.11 Å². The van der Waals surface area contributed by atoms with E-state index in [2.05, 4.69) is 23.0 Å². The van der Waals surface area contributed by atoms with Gasteiger partial charge in [-0.05, 0) is 60.4 Å². The highest BCUT2D eigenvalue weighted by Crippen LogP contribution is 2.32. The van der Waals surface area contributed by atoms with E-state index in [4.69, 9.17) is 9.72 Å². The van der Waals surface area contributed by atoms with Gasteiger partial charge < -0.3 is 4.74 Å². The molecule has 3 aromatic heterocycles. The number of pyridine rings is 3. The molecule has 0 atom stereocenters. The van der Waals surface area contributed by atoms with Crippen molar-refractivity contribution in [3.8, 4) is 5.75 Å². The fraction of sp³-hybridized carbons (Fsp3) is 0.0800. The number of methoxy groups -OCH3 is 1. The maximum Gasteiger partial charge on any atom is 0.290 e. The van der Waals surface area contributed by atoms with Gasteiger partial charge in [-0.25, -0.2) is 0 Å². The van der Waals surface area contributed by atoms with Crippen LogP contribution in [0.25, 0.3) is 11.0 Å². The Morgan fingerprint density at radius 3 is 1.80 bits per heavy atom. The smallest absolute Gasteiger partial charge is 0.290 e. The first-order chi connectivity index (χ1) is 14.8. The quantitative estimate of drug-likeness (QED) is 0.471. The van der Waals surface area contributed by atoms with Gasteiger partial charge in [-0.1, -0.05) is 36.4 Å². The fourth-order valence-corrected chi connectivity index (χ4v) is 3.72. The van der Waals surface area contributed by atoms with Crippen molar-refractivity contribution in [3.63, 3.8) is 0 Å². The van der Waals surface area contributed by atoms with Crippen LogP contribution in [0.2, 0.25) is 0 Å². The zero-order valence-electron chi connectivity index (χ0n) is 17.1. The maximum absolute atomic E-state index is 5.66. The van der Waals surface area contributed by atoms with Crippen LogP contribution >= 0.6 is 0 Å². The van der Waals surface area contributed by atoms with Gasteiger partial charge in [0.15, 0.2) is 0 Å². The number of rotatable bonds is 6. The molecule has 0 bridgehead atoms. The van der Waals surface area contributed by atoms with Gasteiger partial charge in [-0.15, -0.1) is 0 Å². The average Bonchev–Trinajstić information content (AvgIpc) is 2.83. The molecule has 4 rings (SSSR count). The lowest BCUT2D eigenvalue weighted by Crippen LogP contribution is -2.47. The van der Waals surface area contributed by atoms with Gasteiger partial charge in [-0.3, -0.25) is 15.0 Å². The molecule has 0 aliphatic heterocycles. The molecule has 0 aliphatic rings. The largest absolute Gasteiger partial charge is 0.496 e. The first-order valence-corrected chi connectivity index (χ1v) is 9.87. The van der Waals surface area contributed by atoms with Crippen molar-refractivity contribution in [2.24, 2.45) is 0 Å². The predicted molar refractivity (Wildman–Crippen MR) is 123 cm³/mol. The van der Waals surface area contributed by atoms with Gasteiger partial charge in [0.25, 0.3) is 6.71 Å². The highest BCUT2D eigenvalue weighted by molar-refractivity contribution is 6.99. The van der Waals surface area contributed by atoms with Crippen LogP contribution in [0.5, 0.6) is 5.75 Å². The summed E-state index contributed by atoms with van der Waals surface area (Å²) in [5.74, 6) is 0.823. The third-order valence-electron chi connectivity index (χ3n) is 5.11. The molecule has 0 unspecified atom stereocenters. The van der Waals surface area contributed by atoms with E-state index in [0.29, 0.717) is 0 Å². The summed E-state index contributed by atoms with van der Waals surface area (Å²) in [6.45, 7) is 1.94. The second kappa shape index (κ2) is 9.18. The molecule has 0 aliphatic carbocycles. The van der Waals surface area contributed by atoms with Crippen LogP contribution in [0.1, 0.15) is 18.2 Å². The summed E-state index contributed by atoms with van der Waals surface area (Å²) >= 11 is 0. The number of allylic oxidation sites excluding steroid dienone is 1. The normalized spacial score (nSPS) is 11.5. The summed E-state index contributed by atoms with van der Waals surface area (Å²) in [6, 6.07) is 26.0. The molecule has 4 nitrogen and oxygen atoms in total. The van der Waals surface area contributed by atoms with E-state index in [1.54, 1.807) is 7.11 Å². The van der Waals surface area contributed by atoms with Crippen LogP contribution in [0.4, 0.5) is 0 Å². The second-order valence-corrected chi connectivity index (χ2v) is 6.90. The lowest BCUT2D eigenvalue weighted by atomic mass is 9.38. The lowest BCUT2D eigenvalue weighted by molar-refractivity contribution is 0.413. The van der Waals surface area contributed by atoms with E-state index in [9.17, 15) is 0 Å². The zero-order chi connectivity index (χ0) is 20.8. The fourth-order valence-electron chi connectivity index (χ4n) is 3.72. The predicted octanol–water partition coefficient (Wildman–Crippen LogP) is 3.66. The molecule has 0 N–H and O–H groups in total. The molecule has 0 saturated carbocycles.